The lowest BCUT2D eigenvalue weighted by molar-refractivity contribution is -0.121. The maximum Gasteiger partial charge on any atom is 0.241 e. The molecule has 0 radical (unpaired) electrons. The topological polar surface area (TPSA) is 41.1 Å². The number of amides is 1. The molecule has 1 atom stereocenters. The fourth-order valence-electron chi connectivity index (χ4n) is 1.12. The number of carbonyl (C=O) groups excluding carboxylic acids is 1. The van der Waals surface area contributed by atoms with Crippen molar-refractivity contribution in [3.8, 4) is 0 Å². The van der Waals surface area contributed by atoms with Gasteiger partial charge in [0, 0.05) is 17.2 Å². The molecule has 82 valence electrons. The van der Waals surface area contributed by atoms with Crippen LogP contribution in [0.25, 0.3) is 0 Å². The molecule has 0 heterocycles. The van der Waals surface area contributed by atoms with E-state index >= 15 is 0 Å². The van der Waals surface area contributed by atoms with Gasteiger partial charge in [-0.1, -0.05) is 0 Å². The van der Waals surface area contributed by atoms with E-state index in [0.717, 1.165) is 0 Å². The normalized spacial score (nSPS) is 12.0. The first kappa shape index (κ1) is 12.0. The van der Waals surface area contributed by atoms with Gasteiger partial charge in [0.2, 0.25) is 5.91 Å². The van der Waals surface area contributed by atoms with Gasteiger partial charge in [-0.25, -0.2) is 4.39 Å². The molecule has 1 aromatic rings. The fourth-order valence-corrected chi connectivity index (χ4v) is 1.59. The molecule has 0 spiro atoms. The molecule has 0 aliphatic rings. The Bertz CT molecular complexity index is 370. The molecule has 1 aromatic carbocycles. The monoisotopic (exact) mass is 274 g/mol. The Morgan fingerprint density at radius 2 is 2.20 bits per heavy atom. The number of likely N-dealkylation sites (N-methyl/N-ethyl adjacent to an activating group) is 1. The smallest absolute Gasteiger partial charge is 0.241 e. The van der Waals surface area contributed by atoms with Crippen molar-refractivity contribution in [2.24, 2.45) is 0 Å². The number of anilines is 1. The van der Waals surface area contributed by atoms with Gasteiger partial charge in [0.05, 0.1) is 0 Å². The predicted molar refractivity (Wildman–Crippen MR) is 61.3 cm³/mol. The minimum Gasteiger partial charge on any atom is -0.373 e. The SMILES string of the molecule is CNC(=O)C(C)Nc1ccc(F)cc1Br. The third kappa shape index (κ3) is 3.20. The van der Waals surface area contributed by atoms with E-state index in [1.165, 1.54) is 12.1 Å². The Hall–Kier alpha value is -1.10. The van der Waals surface area contributed by atoms with Crippen molar-refractivity contribution in [2.75, 3.05) is 12.4 Å². The summed E-state index contributed by atoms with van der Waals surface area (Å²) >= 11 is 3.21. The average Bonchev–Trinajstić information content (AvgIpc) is 2.20. The molecule has 3 nitrogen and oxygen atoms in total. The van der Waals surface area contributed by atoms with Crippen LogP contribution < -0.4 is 10.6 Å². The number of rotatable bonds is 3. The zero-order valence-electron chi connectivity index (χ0n) is 8.47. The minimum atomic E-state index is -0.364. The van der Waals surface area contributed by atoms with Gasteiger partial charge in [0.1, 0.15) is 11.9 Å². The standard InChI is InChI=1S/C10H12BrFN2O/c1-6(10(15)13-2)14-9-4-3-7(12)5-8(9)11/h3-6,14H,1-2H3,(H,13,15). The summed E-state index contributed by atoms with van der Waals surface area (Å²) in [6, 6.07) is 3.90. The quantitative estimate of drug-likeness (QED) is 0.887. The highest BCUT2D eigenvalue weighted by Gasteiger charge is 2.11. The van der Waals surface area contributed by atoms with E-state index in [9.17, 15) is 9.18 Å². The van der Waals surface area contributed by atoms with Crippen molar-refractivity contribution >= 4 is 27.5 Å². The molecular weight excluding hydrogens is 263 g/mol. The third-order valence-corrected chi connectivity index (χ3v) is 2.60. The van der Waals surface area contributed by atoms with Crippen molar-refractivity contribution in [2.45, 2.75) is 13.0 Å². The van der Waals surface area contributed by atoms with Crippen molar-refractivity contribution in [3.05, 3.63) is 28.5 Å². The molecule has 2 N–H and O–H groups in total. The second kappa shape index (κ2) is 5.11. The predicted octanol–water partition coefficient (Wildman–Crippen LogP) is 2.13. The number of hydrogen-bond acceptors (Lipinski definition) is 2. The van der Waals surface area contributed by atoms with Crippen LogP contribution in [0.15, 0.2) is 22.7 Å². The number of nitrogens with one attached hydrogen (secondary N) is 2. The fraction of sp³-hybridized carbons (Fsp3) is 0.300. The van der Waals surface area contributed by atoms with Crippen LogP contribution in [0, 0.1) is 5.82 Å². The lowest BCUT2D eigenvalue weighted by Gasteiger charge is -2.14. The summed E-state index contributed by atoms with van der Waals surface area (Å²) in [4.78, 5) is 11.2. The summed E-state index contributed by atoms with van der Waals surface area (Å²) < 4.78 is 13.4. The maximum atomic E-state index is 12.8. The van der Waals surface area contributed by atoms with Gasteiger partial charge in [-0.2, -0.15) is 0 Å². The summed E-state index contributed by atoms with van der Waals surface area (Å²) in [5.74, 6) is -0.439. The summed E-state index contributed by atoms with van der Waals surface area (Å²) in [5, 5.41) is 5.49. The molecule has 1 unspecified atom stereocenters. The summed E-state index contributed by atoms with van der Waals surface area (Å²) in [6.45, 7) is 1.73. The van der Waals surface area contributed by atoms with Crippen LogP contribution in [0.2, 0.25) is 0 Å². The lowest BCUT2D eigenvalue weighted by Crippen LogP contribution is -2.35. The molecule has 5 heteroatoms. The highest BCUT2D eigenvalue weighted by atomic mass is 79.9. The van der Waals surface area contributed by atoms with E-state index in [1.807, 2.05) is 0 Å². The molecule has 1 amide bonds. The molecular formula is C10H12BrFN2O. The molecule has 15 heavy (non-hydrogen) atoms. The molecule has 1 rings (SSSR count). The van der Waals surface area contributed by atoms with Gasteiger partial charge in [-0.3, -0.25) is 4.79 Å². The van der Waals surface area contributed by atoms with Crippen LogP contribution in [0.1, 0.15) is 6.92 Å². The first-order valence-electron chi connectivity index (χ1n) is 4.47. The second-order valence-electron chi connectivity index (χ2n) is 3.10. The van der Waals surface area contributed by atoms with Crippen molar-refractivity contribution in [1.82, 2.24) is 5.32 Å². The van der Waals surface area contributed by atoms with Crippen LogP contribution in [-0.2, 0) is 4.79 Å². The molecule has 0 fully saturated rings. The first-order chi connectivity index (χ1) is 7.04. The molecule has 0 aliphatic carbocycles. The summed E-state index contributed by atoms with van der Waals surface area (Å²) in [5.41, 5.74) is 0.688. The number of carbonyl (C=O) groups is 1. The van der Waals surface area contributed by atoms with E-state index < -0.39 is 0 Å². The minimum absolute atomic E-state index is 0.119. The van der Waals surface area contributed by atoms with Crippen molar-refractivity contribution in [3.63, 3.8) is 0 Å². The van der Waals surface area contributed by atoms with Gasteiger partial charge >= 0.3 is 0 Å². The Morgan fingerprint density at radius 1 is 1.53 bits per heavy atom. The largest absolute Gasteiger partial charge is 0.373 e. The lowest BCUT2D eigenvalue weighted by atomic mass is 10.2. The van der Waals surface area contributed by atoms with E-state index in [-0.39, 0.29) is 17.8 Å². The zero-order chi connectivity index (χ0) is 11.4. The Balaban J connectivity index is 2.76. The van der Waals surface area contributed by atoms with E-state index in [0.29, 0.717) is 10.2 Å². The zero-order valence-corrected chi connectivity index (χ0v) is 10.1. The molecule has 0 aliphatic heterocycles. The van der Waals surface area contributed by atoms with E-state index in [1.54, 1.807) is 20.0 Å². The van der Waals surface area contributed by atoms with Crippen LogP contribution in [-0.4, -0.2) is 19.0 Å². The Labute approximate surface area is 96.2 Å². The second-order valence-corrected chi connectivity index (χ2v) is 3.96. The highest BCUT2D eigenvalue weighted by Crippen LogP contribution is 2.23. The van der Waals surface area contributed by atoms with Crippen molar-refractivity contribution < 1.29 is 9.18 Å². The van der Waals surface area contributed by atoms with Gasteiger partial charge < -0.3 is 10.6 Å². The average molecular weight is 275 g/mol. The van der Waals surface area contributed by atoms with Crippen LogP contribution in [0.5, 0.6) is 0 Å². The number of benzene rings is 1. The third-order valence-electron chi connectivity index (χ3n) is 1.94. The van der Waals surface area contributed by atoms with E-state index in [4.69, 9.17) is 0 Å². The first-order valence-corrected chi connectivity index (χ1v) is 5.27. The molecule has 0 bridgehead atoms. The number of hydrogen-bond donors (Lipinski definition) is 2. The van der Waals surface area contributed by atoms with Crippen LogP contribution in [0.4, 0.5) is 10.1 Å². The summed E-state index contributed by atoms with van der Waals surface area (Å²) in [6.07, 6.45) is 0. The van der Waals surface area contributed by atoms with E-state index in [2.05, 4.69) is 26.6 Å². The van der Waals surface area contributed by atoms with Crippen LogP contribution >= 0.6 is 15.9 Å². The molecule has 0 saturated heterocycles. The Kier molecular flexibility index (Phi) is 4.08. The highest BCUT2D eigenvalue weighted by molar-refractivity contribution is 9.10. The van der Waals surface area contributed by atoms with Gasteiger partial charge in [-0.15, -0.1) is 0 Å². The molecule has 0 aromatic heterocycles. The maximum absolute atomic E-state index is 12.8. The Morgan fingerprint density at radius 3 is 2.73 bits per heavy atom. The van der Waals surface area contributed by atoms with Gasteiger partial charge in [0.25, 0.3) is 0 Å². The van der Waals surface area contributed by atoms with Gasteiger partial charge in [0.15, 0.2) is 0 Å². The number of halogens is 2. The van der Waals surface area contributed by atoms with Crippen LogP contribution in [0.3, 0.4) is 0 Å². The molecule has 0 saturated carbocycles. The summed E-state index contributed by atoms with van der Waals surface area (Å²) in [7, 11) is 1.57. The van der Waals surface area contributed by atoms with Crippen molar-refractivity contribution in [1.29, 1.82) is 0 Å². The van der Waals surface area contributed by atoms with Gasteiger partial charge in [-0.05, 0) is 41.1 Å².